The topological polar surface area (TPSA) is 112 Å². The molecule has 3 N–H and O–H groups in total. The molecule has 0 spiro atoms. The predicted molar refractivity (Wildman–Crippen MR) is 116 cm³/mol. The van der Waals surface area contributed by atoms with E-state index in [4.69, 9.17) is 5.73 Å². The fraction of sp³-hybridized carbons (Fsp3) is 0.333. The van der Waals surface area contributed by atoms with Gasteiger partial charge in [0.2, 0.25) is 16.0 Å². The smallest absolute Gasteiger partial charge is 0.229 e. The molecule has 2 aromatic carbocycles. The Morgan fingerprint density at radius 3 is 2.40 bits per heavy atom. The number of anilines is 1. The van der Waals surface area contributed by atoms with Gasteiger partial charge in [-0.05, 0) is 34.7 Å². The molecule has 0 saturated heterocycles. The van der Waals surface area contributed by atoms with Gasteiger partial charge < -0.3 is 5.73 Å². The number of hydrogen-bond donors (Lipinski definition) is 2. The van der Waals surface area contributed by atoms with E-state index in [2.05, 4.69) is 30.5 Å². The van der Waals surface area contributed by atoms with Crippen molar-refractivity contribution < 1.29 is 12.8 Å². The molecule has 0 aliphatic carbocycles. The second-order valence-electron chi connectivity index (χ2n) is 7.99. The molecule has 30 heavy (non-hydrogen) atoms. The van der Waals surface area contributed by atoms with Gasteiger partial charge in [-0.3, -0.25) is 4.72 Å². The van der Waals surface area contributed by atoms with Crippen LogP contribution in [0.1, 0.15) is 37.5 Å². The summed E-state index contributed by atoms with van der Waals surface area (Å²) in [5.74, 6) is -0.641. The number of nitrogens with zero attached hydrogens (tertiary/aromatic N) is 3. The van der Waals surface area contributed by atoms with Gasteiger partial charge >= 0.3 is 0 Å². The third-order valence-corrected chi connectivity index (χ3v) is 4.92. The molecule has 0 saturated carbocycles. The van der Waals surface area contributed by atoms with E-state index in [0.717, 1.165) is 22.8 Å². The van der Waals surface area contributed by atoms with Gasteiger partial charge in [0.05, 0.1) is 19.3 Å². The molecule has 0 fully saturated rings. The van der Waals surface area contributed by atoms with Crippen LogP contribution >= 0.6 is 0 Å². The number of aliphatic imine (C=N–C) groups is 1. The van der Waals surface area contributed by atoms with Gasteiger partial charge in [-0.15, -0.1) is 0 Å². The normalized spacial score (nSPS) is 12.3. The monoisotopic (exact) mass is 431 g/mol. The summed E-state index contributed by atoms with van der Waals surface area (Å²) in [5.41, 5.74) is 8.40. The number of nitrogens with one attached hydrogen (secondary N) is 1. The molecule has 0 atom stereocenters. The Labute approximate surface area is 177 Å². The lowest BCUT2D eigenvalue weighted by Crippen LogP contribution is -2.33. The van der Waals surface area contributed by atoms with Crippen LogP contribution in [-0.4, -0.2) is 25.5 Å². The maximum absolute atomic E-state index is 14.2. The maximum Gasteiger partial charge on any atom is 0.229 e. The highest BCUT2D eigenvalue weighted by atomic mass is 32.2. The van der Waals surface area contributed by atoms with Crippen molar-refractivity contribution in [3.8, 4) is 6.19 Å². The Morgan fingerprint density at radius 2 is 1.87 bits per heavy atom. The molecular formula is C21H26FN5O2S. The zero-order chi connectivity index (χ0) is 22.5. The van der Waals surface area contributed by atoms with E-state index in [1.54, 1.807) is 0 Å². The summed E-state index contributed by atoms with van der Waals surface area (Å²) in [6.45, 7) is 6.47. The molecule has 9 heteroatoms. The fourth-order valence-electron chi connectivity index (χ4n) is 2.68. The maximum atomic E-state index is 14.2. The largest absolute Gasteiger partial charge is 0.369 e. The highest BCUT2D eigenvalue weighted by Crippen LogP contribution is 2.22. The minimum atomic E-state index is -3.51. The van der Waals surface area contributed by atoms with Crippen LogP contribution in [0.2, 0.25) is 0 Å². The molecule has 0 bridgehead atoms. The summed E-state index contributed by atoms with van der Waals surface area (Å²) in [4.78, 5) is 5.28. The lowest BCUT2D eigenvalue weighted by atomic mass is 9.87. The van der Waals surface area contributed by atoms with E-state index in [0.29, 0.717) is 0 Å². The van der Waals surface area contributed by atoms with E-state index in [-0.39, 0.29) is 35.7 Å². The Kier molecular flexibility index (Phi) is 7.05. The van der Waals surface area contributed by atoms with E-state index in [9.17, 15) is 18.1 Å². The Morgan fingerprint density at radius 1 is 1.23 bits per heavy atom. The van der Waals surface area contributed by atoms with Crippen molar-refractivity contribution >= 4 is 21.7 Å². The molecule has 160 valence electrons. The molecule has 0 unspecified atom stereocenters. The molecule has 0 aliphatic heterocycles. The van der Waals surface area contributed by atoms with E-state index >= 15 is 0 Å². The van der Waals surface area contributed by atoms with Crippen LogP contribution in [-0.2, 0) is 28.5 Å². The molecule has 0 amide bonds. The number of hydrogen-bond acceptors (Lipinski definition) is 4. The molecule has 0 radical (unpaired) electrons. The number of rotatable bonds is 6. The minimum Gasteiger partial charge on any atom is -0.369 e. The zero-order valence-corrected chi connectivity index (χ0v) is 18.3. The number of halogens is 1. The van der Waals surface area contributed by atoms with Gasteiger partial charge in [0.25, 0.3) is 0 Å². The van der Waals surface area contributed by atoms with E-state index < -0.39 is 15.8 Å². The van der Waals surface area contributed by atoms with Crippen LogP contribution in [0.15, 0.2) is 47.5 Å². The summed E-state index contributed by atoms with van der Waals surface area (Å²) >= 11 is 0. The quantitative estimate of drug-likeness (QED) is 0.315. The van der Waals surface area contributed by atoms with Gasteiger partial charge in [-0.1, -0.05) is 45.0 Å². The average Bonchev–Trinajstić information content (AvgIpc) is 2.65. The van der Waals surface area contributed by atoms with Crippen molar-refractivity contribution in [3.05, 3.63) is 65.0 Å². The second kappa shape index (κ2) is 9.13. The summed E-state index contributed by atoms with van der Waals surface area (Å²) in [5, 5.41) is 9.41. The van der Waals surface area contributed by atoms with Gasteiger partial charge in [-0.25, -0.2) is 22.7 Å². The van der Waals surface area contributed by atoms with Crippen molar-refractivity contribution in [3.63, 3.8) is 0 Å². The lowest BCUT2D eigenvalue weighted by molar-refractivity contribution is 0.526. The first-order valence-electron chi connectivity index (χ1n) is 9.22. The summed E-state index contributed by atoms with van der Waals surface area (Å²) in [6.07, 6.45) is 2.88. The van der Waals surface area contributed by atoms with Crippen molar-refractivity contribution in [2.45, 2.75) is 39.3 Å². The first-order valence-corrected chi connectivity index (χ1v) is 11.1. The van der Waals surface area contributed by atoms with Crippen LogP contribution in [0, 0.1) is 17.3 Å². The van der Waals surface area contributed by atoms with Crippen molar-refractivity contribution in [2.24, 2.45) is 10.7 Å². The standard InChI is InChI=1S/C21H26FN5O2S/c1-21(2,3)17-7-5-15(6-8-17)12-25-20(24)27(14-23)13-16-11-18(9-10-19(16)22)26-30(4,28)29/h5-11,26H,12-13H2,1-4H3,(H2,24,25). The molecule has 0 aromatic heterocycles. The average molecular weight is 432 g/mol. The van der Waals surface area contributed by atoms with Crippen LogP contribution in [0.5, 0.6) is 0 Å². The van der Waals surface area contributed by atoms with E-state index in [1.165, 1.54) is 17.7 Å². The van der Waals surface area contributed by atoms with Gasteiger partial charge in [-0.2, -0.15) is 5.26 Å². The van der Waals surface area contributed by atoms with Crippen LogP contribution in [0.4, 0.5) is 10.1 Å². The first kappa shape index (κ1) is 23.2. The SMILES string of the molecule is CC(C)(C)c1ccc(CN=C(N)N(C#N)Cc2cc(NS(C)(=O)=O)ccc2F)cc1. The number of nitriles is 1. The summed E-state index contributed by atoms with van der Waals surface area (Å²) < 4.78 is 39.2. The third-order valence-electron chi connectivity index (χ3n) is 4.32. The van der Waals surface area contributed by atoms with Crippen molar-refractivity contribution in [1.29, 1.82) is 5.26 Å². The number of nitrogens with two attached hydrogens (primary N) is 1. The Bertz CT molecular complexity index is 1070. The van der Waals surface area contributed by atoms with Gasteiger partial charge in [0.15, 0.2) is 6.19 Å². The molecule has 0 aliphatic rings. The molecular weight excluding hydrogens is 405 g/mol. The lowest BCUT2D eigenvalue weighted by Gasteiger charge is -2.19. The molecule has 2 aromatic rings. The fourth-order valence-corrected chi connectivity index (χ4v) is 3.23. The van der Waals surface area contributed by atoms with Crippen molar-refractivity contribution in [2.75, 3.05) is 11.0 Å². The molecule has 0 heterocycles. The van der Waals surface area contributed by atoms with Crippen molar-refractivity contribution in [1.82, 2.24) is 4.90 Å². The van der Waals surface area contributed by atoms with Crippen LogP contribution < -0.4 is 10.5 Å². The summed E-state index contributed by atoms with van der Waals surface area (Å²) in [6, 6.07) is 11.7. The highest BCUT2D eigenvalue weighted by molar-refractivity contribution is 7.92. The van der Waals surface area contributed by atoms with Crippen LogP contribution in [0.25, 0.3) is 0 Å². The highest BCUT2D eigenvalue weighted by Gasteiger charge is 2.14. The predicted octanol–water partition coefficient (Wildman–Crippen LogP) is 3.29. The number of guanidine groups is 1. The Hall–Kier alpha value is -3.12. The third kappa shape index (κ3) is 6.74. The van der Waals surface area contributed by atoms with E-state index in [1.807, 2.05) is 30.5 Å². The van der Waals surface area contributed by atoms with Gasteiger partial charge in [0, 0.05) is 11.3 Å². The first-order chi connectivity index (χ1) is 13.9. The number of benzene rings is 2. The van der Waals surface area contributed by atoms with Crippen LogP contribution in [0.3, 0.4) is 0 Å². The molecule has 7 nitrogen and oxygen atoms in total. The zero-order valence-electron chi connectivity index (χ0n) is 17.5. The molecule has 2 rings (SSSR count). The minimum absolute atomic E-state index is 0.0447. The Balaban J connectivity index is 2.14. The second-order valence-corrected chi connectivity index (χ2v) is 9.74. The van der Waals surface area contributed by atoms with Gasteiger partial charge in [0.1, 0.15) is 5.82 Å². The number of sulfonamides is 1. The summed E-state index contributed by atoms with van der Waals surface area (Å²) in [7, 11) is -3.51.